The van der Waals surface area contributed by atoms with Gasteiger partial charge in [-0.15, -0.1) is 0 Å². The van der Waals surface area contributed by atoms with Crippen LogP contribution in [-0.4, -0.2) is 72.5 Å². The molecule has 15 heteroatoms. The van der Waals surface area contributed by atoms with Crippen LogP contribution < -0.4 is 16.0 Å². The normalized spacial score (nSPS) is 19.2. The van der Waals surface area contributed by atoms with Gasteiger partial charge in [-0.2, -0.15) is 16.8 Å². The van der Waals surface area contributed by atoms with Crippen LogP contribution in [-0.2, 0) is 25.0 Å². The maximum atomic E-state index is 12.2. The number of rotatable bonds is 6. The van der Waals surface area contributed by atoms with Gasteiger partial charge in [0.1, 0.15) is 5.65 Å². The van der Waals surface area contributed by atoms with E-state index in [1.807, 2.05) is 6.20 Å². The Morgan fingerprint density at radius 1 is 1.21 bits per heavy atom. The van der Waals surface area contributed by atoms with Gasteiger partial charge in [0.2, 0.25) is 5.91 Å². The molecular formula is C18H26BrN5O7S2. The summed E-state index contributed by atoms with van der Waals surface area (Å²) in [6.45, 7) is 1.78. The van der Waals surface area contributed by atoms with Crippen LogP contribution in [0.15, 0.2) is 16.9 Å². The van der Waals surface area contributed by atoms with Crippen molar-refractivity contribution in [2.75, 3.05) is 34.8 Å². The minimum atomic E-state index is -4.30. The first-order valence-corrected chi connectivity index (χ1v) is 14.2. The predicted molar refractivity (Wildman–Crippen MR) is 127 cm³/mol. The average molecular weight is 568 g/mol. The molecule has 0 radical (unpaired) electrons. The molecule has 1 atom stereocenters. The van der Waals surface area contributed by atoms with Crippen LogP contribution in [0.2, 0.25) is 0 Å². The number of anilines is 2. The van der Waals surface area contributed by atoms with Gasteiger partial charge in [0.15, 0.2) is 0 Å². The molecule has 1 aliphatic carbocycles. The first kappa shape index (κ1) is 25.8. The van der Waals surface area contributed by atoms with Gasteiger partial charge < -0.3 is 20.9 Å². The number of H-pyrrole nitrogens is 1. The second-order valence-electron chi connectivity index (χ2n) is 8.06. The van der Waals surface area contributed by atoms with E-state index < -0.39 is 31.7 Å². The summed E-state index contributed by atoms with van der Waals surface area (Å²) in [7, 11) is -8.59. The molecule has 33 heavy (non-hydrogen) atoms. The molecule has 2 aromatic heterocycles. The summed E-state index contributed by atoms with van der Waals surface area (Å²) in [6, 6.07) is 0.183. The van der Waals surface area contributed by atoms with E-state index in [2.05, 4.69) is 36.1 Å². The highest BCUT2D eigenvalue weighted by molar-refractivity contribution is 9.10. The third-order valence-electron chi connectivity index (χ3n) is 5.21. The van der Waals surface area contributed by atoms with Gasteiger partial charge in [-0.25, -0.2) is 4.98 Å². The largest absolute Gasteiger partial charge is 0.368 e. The number of nitrogens with zero attached hydrogens (tertiary/aromatic N) is 2. The maximum absolute atomic E-state index is 12.2. The Balaban J connectivity index is 0.000000262. The van der Waals surface area contributed by atoms with Crippen molar-refractivity contribution in [2.45, 2.75) is 31.7 Å². The molecule has 184 valence electrons. The molecule has 2 aliphatic rings. The van der Waals surface area contributed by atoms with Crippen molar-refractivity contribution >= 4 is 64.5 Å². The van der Waals surface area contributed by atoms with E-state index in [4.69, 9.17) is 14.8 Å². The molecule has 1 aliphatic heterocycles. The summed E-state index contributed by atoms with van der Waals surface area (Å²) in [5.41, 5.74) is 8.81. The number of halogens is 1. The van der Waals surface area contributed by atoms with Crippen molar-refractivity contribution in [3.8, 4) is 0 Å². The number of hydrogen-bond acceptors (Lipinski definition) is 8. The summed E-state index contributed by atoms with van der Waals surface area (Å²) < 4.78 is 56.3. The maximum Gasteiger partial charge on any atom is 0.265 e. The average Bonchev–Trinajstić information content (AvgIpc) is 3.49. The van der Waals surface area contributed by atoms with Gasteiger partial charge in [0.05, 0.1) is 32.7 Å². The lowest BCUT2D eigenvalue weighted by atomic mass is 10.1. The minimum absolute atomic E-state index is 0.104. The number of aromatic nitrogens is 2. The Labute approximate surface area is 199 Å². The van der Waals surface area contributed by atoms with Gasteiger partial charge in [0, 0.05) is 37.4 Å². The lowest BCUT2D eigenvalue weighted by molar-refractivity contribution is -0.117. The number of nitrogens with two attached hydrogens (primary N) is 1. The second-order valence-corrected chi connectivity index (χ2v) is 12.1. The Morgan fingerprint density at radius 2 is 1.85 bits per heavy atom. The molecule has 0 spiro atoms. The molecule has 2 fully saturated rings. The molecule has 0 unspecified atom stereocenters. The quantitative estimate of drug-likeness (QED) is 0.318. The highest BCUT2D eigenvalue weighted by Crippen LogP contribution is 2.39. The van der Waals surface area contributed by atoms with Gasteiger partial charge in [-0.1, -0.05) is 0 Å². The van der Waals surface area contributed by atoms with Crippen LogP contribution in [0.4, 0.5) is 11.4 Å². The van der Waals surface area contributed by atoms with Gasteiger partial charge in [-0.3, -0.25) is 13.9 Å². The third-order valence-corrected chi connectivity index (χ3v) is 7.49. The molecule has 0 aromatic carbocycles. The molecule has 1 saturated carbocycles. The van der Waals surface area contributed by atoms with E-state index in [1.165, 1.54) is 0 Å². The summed E-state index contributed by atoms with van der Waals surface area (Å²) in [5.74, 6) is -1.68. The van der Waals surface area contributed by atoms with Crippen LogP contribution in [0, 0.1) is 5.92 Å². The third kappa shape index (κ3) is 7.61. The van der Waals surface area contributed by atoms with E-state index in [0.717, 1.165) is 65.7 Å². The first-order valence-electron chi connectivity index (χ1n) is 10.2. The summed E-state index contributed by atoms with van der Waals surface area (Å²) >= 11 is 3.63. The monoisotopic (exact) mass is 567 g/mol. The molecule has 12 nitrogen and oxygen atoms in total. The van der Waals surface area contributed by atoms with E-state index in [1.54, 1.807) is 6.20 Å². The first-order chi connectivity index (χ1) is 15.3. The van der Waals surface area contributed by atoms with E-state index in [0.29, 0.717) is 0 Å². The van der Waals surface area contributed by atoms with Crippen molar-refractivity contribution in [3.05, 3.63) is 16.9 Å². The molecule has 4 rings (SSSR count). The van der Waals surface area contributed by atoms with Crippen molar-refractivity contribution < 1.29 is 30.7 Å². The van der Waals surface area contributed by atoms with Crippen LogP contribution in [0.25, 0.3) is 11.0 Å². The zero-order chi connectivity index (χ0) is 24.4. The zero-order valence-corrected chi connectivity index (χ0v) is 20.8. The van der Waals surface area contributed by atoms with E-state index in [-0.39, 0.29) is 17.9 Å². The summed E-state index contributed by atoms with van der Waals surface area (Å²) in [4.78, 5) is 22.0. The molecule has 2 aromatic rings. The van der Waals surface area contributed by atoms with Crippen molar-refractivity contribution in [2.24, 2.45) is 11.7 Å². The smallest absolute Gasteiger partial charge is 0.265 e. The summed E-state index contributed by atoms with van der Waals surface area (Å²) in [5, 5.41) is 4.02. The molecule has 0 bridgehead atoms. The lowest BCUT2D eigenvalue weighted by Gasteiger charge is -2.33. The molecule has 1 amide bonds. The van der Waals surface area contributed by atoms with Gasteiger partial charge in [-0.05, 0) is 41.6 Å². The number of piperidine rings is 1. The zero-order valence-electron chi connectivity index (χ0n) is 17.6. The van der Waals surface area contributed by atoms with Crippen LogP contribution >= 0.6 is 15.9 Å². The lowest BCUT2D eigenvalue weighted by Crippen LogP contribution is -2.43. The number of pyridine rings is 1. The highest BCUT2D eigenvalue weighted by Gasteiger charge is 2.31. The van der Waals surface area contributed by atoms with Crippen molar-refractivity contribution in [1.82, 2.24) is 9.97 Å². The fourth-order valence-corrected chi connectivity index (χ4v) is 5.70. The second kappa shape index (κ2) is 10.2. The van der Waals surface area contributed by atoms with E-state index in [9.17, 15) is 21.6 Å². The van der Waals surface area contributed by atoms with Gasteiger partial charge in [0.25, 0.3) is 20.2 Å². The van der Waals surface area contributed by atoms with Gasteiger partial charge >= 0.3 is 0 Å². The molecular weight excluding hydrogens is 542 g/mol. The molecule has 6 N–H and O–H groups in total. The summed E-state index contributed by atoms with van der Waals surface area (Å²) in [6.07, 6.45) is 7.75. The fraction of sp³-hybridized carbons (Fsp3) is 0.556. The number of nitrogens with one attached hydrogen (secondary N) is 2. The Kier molecular flexibility index (Phi) is 8.01. The number of aromatic amines is 1. The van der Waals surface area contributed by atoms with Crippen LogP contribution in [0.1, 0.15) is 25.7 Å². The Morgan fingerprint density at radius 3 is 2.39 bits per heavy atom. The number of hydrogen-bond donors (Lipinski definition) is 5. The number of carbonyl (C=O) groups is 1. The highest BCUT2D eigenvalue weighted by atomic mass is 79.9. The Hall–Kier alpha value is -1.78. The van der Waals surface area contributed by atoms with E-state index >= 15 is 0 Å². The van der Waals surface area contributed by atoms with Crippen LogP contribution in [0.3, 0.4) is 0 Å². The minimum Gasteiger partial charge on any atom is -0.368 e. The van der Waals surface area contributed by atoms with Crippen molar-refractivity contribution in [1.29, 1.82) is 0 Å². The topological polar surface area (TPSA) is 196 Å². The number of amides is 1. The molecule has 1 saturated heterocycles. The van der Waals surface area contributed by atoms with Crippen molar-refractivity contribution in [3.63, 3.8) is 0 Å². The number of carbonyl (C=O) groups excluding carboxylic acids is 1. The fourth-order valence-electron chi connectivity index (χ4n) is 3.47. The standard InChI is InChI=1S/C16H20BrN5O.C2H6O6S2/c17-11-6-19-15-13(14(11)22-5-1-2-10(18)8-22)12(7-20-15)21-16(23)9-3-4-9;3-9(4,5)1-2-10(6,7)8/h6-7,9-10H,1-5,8,18H2,(H,19,20)(H,21,23);1-2H2,(H,3,4,5)(H,6,7,8)/t10-;/m1./s1. The Bertz CT molecular complexity index is 1200. The SMILES string of the molecule is N[C@@H]1CCCN(c2c(Br)cnc3[nH]cc(NC(=O)C4CC4)c23)C1.O=S(=O)(O)CCS(=O)(=O)O. The predicted octanol–water partition coefficient (Wildman–Crippen LogP) is 1.36. The molecule has 3 heterocycles. The van der Waals surface area contributed by atoms with Crippen LogP contribution in [0.5, 0.6) is 0 Å². The number of fused-ring (bicyclic) bond motifs is 1.